The minimum absolute atomic E-state index is 0. The molecule has 188 valence electrons. The van der Waals surface area contributed by atoms with Crippen LogP contribution in [0.15, 0.2) is 76.5 Å². The molecule has 0 aliphatic carbocycles. The molecule has 0 saturated carbocycles. The highest BCUT2D eigenvalue weighted by atomic mass is 35.5. The van der Waals surface area contributed by atoms with Crippen LogP contribution in [0.5, 0.6) is 11.5 Å². The molecule has 1 fully saturated rings. The van der Waals surface area contributed by atoms with Gasteiger partial charge in [-0.05, 0) is 48.2 Å². The minimum atomic E-state index is -3.79. The second-order valence-corrected chi connectivity index (χ2v) is 11.3. The van der Waals surface area contributed by atoms with E-state index in [1.165, 1.54) is 11.3 Å². The molecular weight excluding hydrogens is 496 g/mol. The summed E-state index contributed by atoms with van der Waals surface area (Å²) in [6.45, 7) is 0.371. The zero-order chi connectivity index (χ0) is 24.2. The summed E-state index contributed by atoms with van der Waals surface area (Å²) >= 11 is 0. The third-order valence-corrected chi connectivity index (χ3v) is 9.04. The molecule has 0 radical (unpaired) electrons. The van der Waals surface area contributed by atoms with Crippen molar-refractivity contribution in [3.8, 4) is 11.5 Å². The predicted octanol–water partition coefficient (Wildman–Crippen LogP) is 5.37. The van der Waals surface area contributed by atoms with Crippen molar-refractivity contribution < 1.29 is 17.9 Å². The van der Waals surface area contributed by atoms with Gasteiger partial charge < -0.3 is 19.4 Å². The summed E-state index contributed by atoms with van der Waals surface area (Å²) < 4.78 is 41.3. The van der Waals surface area contributed by atoms with Gasteiger partial charge in [-0.25, -0.2) is 8.42 Å². The molecule has 1 saturated heterocycles. The van der Waals surface area contributed by atoms with E-state index in [4.69, 9.17) is 9.47 Å². The molecule has 6 rings (SSSR count). The molecule has 0 amide bonds. The first-order valence-electron chi connectivity index (χ1n) is 11.9. The van der Waals surface area contributed by atoms with Crippen LogP contribution in [-0.2, 0) is 29.9 Å². The van der Waals surface area contributed by atoms with Gasteiger partial charge in [0.2, 0.25) is 9.84 Å². The van der Waals surface area contributed by atoms with Gasteiger partial charge in [0.25, 0.3) is 0 Å². The van der Waals surface area contributed by atoms with Crippen LogP contribution in [0.1, 0.15) is 35.7 Å². The van der Waals surface area contributed by atoms with Crippen LogP contribution in [0.2, 0.25) is 0 Å². The molecule has 8 heteroatoms. The lowest BCUT2D eigenvalue weighted by molar-refractivity contribution is 0.305. The minimum Gasteiger partial charge on any atom is -0.495 e. The third-order valence-electron chi connectivity index (χ3n) is 7.31. The number of aromatic nitrogens is 1. The van der Waals surface area contributed by atoms with Gasteiger partial charge in [0.1, 0.15) is 18.1 Å². The van der Waals surface area contributed by atoms with Crippen molar-refractivity contribution in [1.82, 2.24) is 9.88 Å². The summed E-state index contributed by atoms with van der Waals surface area (Å²) in [5, 5.41) is 4.65. The number of hydrogen-bond donors (Lipinski definition) is 1. The Morgan fingerprint density at radius 3 is 2.58 bits per heavy atom. The van der Waals surface area contributed by atoms with E-state index in [0.29, 0.717) is 24.1 Å². The lowest BCUT2D eigenvalue weighted by Crippen LogP contribution is -2.32. The molecule has 2 unspecified atom stereocenters. The van der Waals surface area contributed by atoms with E-state index in [9.17, 15) is 8.42 Å². The number of benzene rings is 3. The summed E-state index contributed by atoms with van der Waals surface area (Å²) in [6, 6.07) is 20.7. The van der Waals surface area contributed by atoms with Crippen LogP contribution in [0, 0.1) is 0 Å². The van der Waals surface area contributed by atoms with Gasteiger partial charge in [-0.1, -0.05) is 36.4 Å². The Morgan fingerprint density at radius 2 is 1.81 bits per heavy atom. The lowest BCUT2D eigenvalue weighted by atomic mass is 9.99. The fourth-order valence-corrected chi connectivity index (χ4v) is 6.94. The third kappa shape index (κ3) is 4.05. The monoisotopic (exact) mass is 524 g/mol. The molecule has 3 aromatic carbocycles. The van der Waals surface area contributed by atoms with Gasteiger partial charge in [-0.15, -0.1) is 12.4 Å². The van der Waals surface area contributed by atoms with Gasteiger partial charge in [0.15, 0.2) is 0 Å². The summed E-state index contributed by atoms with van der Waals surface area (Å²) in [5.74, 6) is 1.09. The number of nitrogens with zero attached hydrogens (tertiary/aromatic N) is 1. The maximum absolute atomic E-state index is 13.8. The van der Waals surface area contributed by atoms with E-state index >= 15 is 0 Å². The van der Waals surface area contributed by atoms with Crippen LogP contribution >= 0.6 is 12.4 Å². The molecule has 2 atom stereocenters. The fourth-order valence-electron chi connectivity index (χ4n) is 5.60. The maximum atomic E-state index is 13.8. The largest absolute Gasteiger partial charge is 0.495 e. The van der Waals surface area contributed by atoms with Crippen LogP contribution < -0.4 is 14.8 Å². The van der Waals surface area contributed by atoms with Crippen molar-refractivity contribution in [2.24, 2.45) is 7.05 Å². The standard InChI is InChI=1S/C28H28N2O4S.ClH/c1-30-25-13-19-11-12-24(29-19)27(25)23-15-22(16-26(33-2)28(23)30)35(31,32)21-10-6-9-20(14-21)34-17-18-7-4-3-5-8-18;/h3-10,14-16,19,24,29H,11-13,17H2,1-2H3;1H. The van der Waals surface area contributed by atoms with Gasteiger partial charge in [0.05, 0.1) is 22.4 Å². The SMILES string of the molecule is COc1cc(S(=O)(=O)c2cccc(OCc3ccccc3)c2)cc2c3c(n(C)c12)CC1CCC3N1.Cl. The van der Waals surface area contributed by atoms with Crippen molar-refractivity contribution in [2.75, 3.05) is 7.11 Å². The fraction of sp³-hybridized carbons (Fsp3) is 0.286. The zero-order valence-electron chi connectivity index (χ0n) is 20.2. The van der Waals surface area contributed by atoms with E-state index in [-0.39, 0.29) is 28.2 Å². The molecule has 3 heterocycles. The predicted molar refractivity (Wildman–Crippen MR) is 142 cm³/mol. The number of rotatable bonds is 6. The molecule has 36 heavy (non-hydrogen) atoms. The quantitative estimate of drug-likeness (QED) is 0.367. The number of fused-ring (bicyclic) bond motifs is 6. The van der Waals surface area contributed by atoms with Gasteiger partial charge in [0, 0.05) is 42.7 Å². The summed E-state index contributed by atoms with van der Waals surface area (Å²) in [5.41, 5.74) is 4.46. The average Bonchev–Trinajstić information content (AvgIpc) is 3.40. The Labute approximate surface area is 217 Å². The Hall–Kier alpha value is -3.00. The molecule has 1 aromatic heterocycles. The average molecular weight is 525 g/mol. The molecule has 4 aromatic rings. The Kier molecular flexibility index (Phi) is 6.49. The lowest BCUT2D eigenvalue weighted by Gasteiger charge is -2.23. The van der Waals surface area contributed by atoms with Crippen molar-refractivity contribution >= 4 is 33.1 Å². The molecule has 2 aliphatic rings. The van der Waals surface area contributed by atoms with Crippen molar-refractivity contribution in [2.45, 2.75) is 47.7 Å². The smallest absolute Gasteiger partial charge is 0.206 e. The highest BCUT2D eigenvalue weighted by Gasteiger charge is 2.37. The van der Waals surface area contributed by atoms with Gasteiger partial charge in [-0.2, -0.15) is 0 Å². The number of halogens is 1. The Balaban J connectivity index is 0.00000267. The van der Waals surface area contributed by atoms with E-state index in [1.807, 2.05) is 36.4 Å². The van der Waals surface area contributed by atoms with Gasteiger partial charge in [-0.3, -0.25) is 0 Å². The van der Waals surface area contributed by atoms with E-state index in [0.717, 1.165) is 35.7 Å². The number of sulfone groups is 1. The normalized spacial score (nSPS) is 18.5. The second kappa shape index (κ2) is 9.47. The first-order valence-corrected chi connectivity index (χ1v) is 13.4. The molecule has 0 spiro atoms. The topological polar surface area (TPSA) is 69.6 Å². The number of aryl methyl sites for hydroxylation is 1. The van der Waals surface area contributed by atoms with E-state index < -0.39 is 9.84 Å². The first kappa shape index (κ1) is 24.7. The second-order valence-electron chi connectivity index (χ2n) is 9.39. The van der Waals surface area contributed by atoms with Crippen LogP contribution in [0.4, 0.5) is 0 Å². The van der Waals surface area contributed by atoms with Gasteiger partial charge >= 0.3 is 0 Å². The van der Waals surface area contributed by atoms with Crippen LogP contribution in [-0.4, -0.2) is 26.1 Å². The van der Waals surface area contributed by atoms with E-state index in [1.54, 1.807) is 37.4 Å². The first-order chi connectivity index (χ1) is 17.0. The molecule has 6 nitrogen and oxygen atoms in total. The highest BCUT2D eigenvalue weighted by molar-refractivity contribution is 7.91. The van der Waals surface area contributed by atoms with Crippen molar-refractivity contribution in [1.29, 1.82) is 0 Å². The van der Waals surface area contributed by atoms with Crippen molar-refractivity contribution in [3.63, 3.8) is 0 Å². The zero-order valence-corrected chi connectivity index (χ0v) is 21.9. The molecule has 1 N–H and O–H groups in total. The number of nitrogens with one attached hydrogen (secondary N) is 1. The van der Waals surface area contributed by atoms with E-state index in [2.05, 4.69) is 16.9 Å². The Morgan fingerprint density at radius 1 is 1.00 bits per heavy atom. The maximum Gasteiger partial charge on any atom is 0.206 e. The Bertz CT molecular complexity index is 1530. The number of ether oxygens (including phenoxy) is 2. The molecule has 2 bridgehead atoms. The number of hydrogen-bond acceptors (Lipinski definition) is 5. The molecule has 2 aliphatic heterocycles. The van der Waals surface area contributed by atoms with Crippen LogP contribution in [0.25, 0.3) is 10.9 Å². The van der Waals surface area contributed by atoms with Crippen LogP contribution in [0.3, 0.4) is 0 Å². The summed E-state index contributed by atoms with van der Waals surface area (Å²) in [6.07, 6.45) is 3.16. The molecular formula is C28H29ClN2O4S. The van der Waals surface area contributed by atoms with Crippen molar-refractivity contribution in [3.05, 3.63) is 83.6 Å². The summed E-state index contributed by atoms with van der Waals surface area (Å²) in [4.78, 5) is 0.434. The highest BCUT2D eigenvalue weighted by Crippen LogP contribution is 2.45. The summed E-state index contributed by atoms with van der Waals surface area (Å²) in [7, 11) is -0.141. The number of methoxy groups -OCH3 is 1.